The number of fused-ring (bicyclic) bond motifs is 1. The average Bonchev–Trinajstić information content (AvgIpc) is 2.33. The van der Waals surface area contributed by atoms with E-state index in [-0.39, 0.29) is 24.4 Å². The number of anilines is 1. The van der Waals surface area contributed by atoms with Crippen LogP contribution >= 0.6 is 11.8 Å². The van der Waals surface area contributed by atoms with Gasteiger partial charge in [0.15, 0.2) is 0 Å². The average molecular weight is 265 g/mol. The highest BCUT2D eigenvalue weighted by Gasteiger charge is 2.25. The molecule has 1 aliphatic heterocycles. The van der Waals surface area contributed by atoms with Crippen molar-refractivity contribution in [2.75, 3.05) is 17.7 Å². The van der Waals surface area contributed by atoms with Crippen molar-refractivity contribution in [3.63, 3.8) is 0 Å². The van der Waals surface area contributed by atoms with E-state index in [9.17, 15) is 9.59 Å². The van der Waals surface area contributed by atoms with Crippen LogP contribution in [-0.4, -0.2) is 30.8 Å². The minimum Gasteiger partial charge on any atom is -0.461 e. The lowest BCUT2D eigenvalue weighted by Gasteiger charge is -2.26. The predicted molar refractivity (Wildman–Crippen MR) is 70.7 cm³/mol. The maximum absolute atomic E-state index is 12.0. The third kappa shape index (κ3) is 2.85. The first kappa shape index (κ1) is 13.0. The Balaban J connectivity index is 2.24. The van der Waals surface area contributed by atoms with E-state index < -0.39 is 0 Å². The fourth-order valence-corrected chi connectivity index (χ4v) is 2.95. The highest BCUT2D eigenvalue weighted by Crippen LogP contribution is 2.33. The summed E-state index contributed by atoms with van der Waals surface area (Å²) in [4.78, 5) is 25.7. The summed E-state index contributed by atoms with van der Waals surface area (Å²) in [5, 5.41) is 0. The van der Waals surface area contributed by atoms with Gasteiger partial charge in [-0.1, -0.05) is 12.1 Å². The van der Waals surface area contributed by atoms with Crippen LogP contribution in [0.15, 0.2) is 29.2 Å². The van der Waals surface area contributed by atoms with Crippen LogP contribution in [0.2, 0.25) is 0 Å². The fraction of sp³-hybridized carbons (Fsp3) is 0.385. The molecule has 1 amide bonds. The van der Waals surface area contributed by atoms with Crippen molar-refractivity contribution >= 4 is 29.3 Å². The van der Waals surface area contributed by atoms with Crippen LogP contribution in [0.1, 0.15) is 13.3 Å². The predicted octanol–water partition coefficient (Wildman–Crippen LogP) is 2.08. The van der Waals surface area contributed by atoms with Crippen molar-refractivity contribution < 1.29 is 14.3 Å². The number of benzene rings is 1. The van der Waals surface area contributed by atoms with Crippen molar-refractivity contribution in [2.45, 2.75) is 24.3 Å². The Labute approximate surface area is 110 Å². The molecular weight excluding hydrogens is 250 g/mol. The Hall–Kier alpha value is -1.49. The molecule has 0 aromatic heterocycles. The van der Waals surface area contributed by atoms with Crippen LogP contribution in [0.5, 0.6) is 0 Å². The highest BCUT2D eigenvalue weighted by atomic mass is 32.2. The van der Waals surface area contributed by atoms with E-state index in [1.54, 1.807) is 23.7 Å². The molecule has 4 nitrogen and oxygen atoms in total. The van der Waals surface area contributed by atoms with Gasteiger partial charge in [0.1, 0.15) is 6.10 Å². The smallest absolute Gasteiger partial charge is 0.302 e. The number of carbonyl (C=O) groups is 2. The number of hydrogen-bond acceptors (Lipinski definition) is 4. The zero-order valence-corrected chi connectivity index (χ0v) is 11.2. The zero-order chi connectivity index (χ0) is 13.1. The SMILES string of the molecule is CC(=O)OC1CSc2ccccc2N(C)C(=O)C1. The lowest BCUT2D eigenvalue weighted by atomic mass is 10.2. The zero-order valence-electron chi connectivity index (χ0n) is 10.4. The summed E-state index contributed by atoms with van der Waals surface area (Å²) in [7, 11) is 1.75. The van der Waals surface area contributed by atoms with Gasteiger partial charge in [0.2, 0.25) is 5.91 Å². The van der Waals surface area contributed by atoms with Crippen molar-refractivity contribution in [1.82, 2.24) is 0 Å². The number of amides is 1. The molecule has 1 aliphatic rings. The number of hydrogen-bond donors (Lipinski definition) is 0. The molecule has 96 valence electrons. The largest absolute Gasteiger partial charge is 0.461 e. The summed E-state index contributed by atoms with van der Waals surface area (Å²) in [6.45, 7) is 1.37. The van der Waals surface area contributed by atoms with Gasteiger partial charge < -0.3 is 9.64 Å². The molecule has 1 heterocycles. The second-order valence-electron chi connectivity index (χ2n) is 4.17. The Morgan fingerprint density at radius 3 is 2.89 bits per heavy atom. The summed E-state index contributed by atoms with van der Waals surface area (Å²) in [5.74, 6) is 0.231. The monoisotopic (exact) mass is 265 g/mol. The number of carbonyl (C=O) groups excluding carboxylic acids is 2. The molecule has 0 spiro atoms. The summed E-state index contributed by atoms with van der Waals surface area (Å²) in [6.07, 6.45) is -0.118. The van der Waals surface area contributed by atoms with Gasteiger partial charge in [-0.3, -0.25) is 9.59 Å². The molecule has 0 saturated carbocycles. The lowest BCUT2D eigenvalue weighted by molar-refractivity contribution is -0.146. The molecule has 0 N–H and O–H groups in total. The van der Waals surface area contributed by atoms with Gasteiger partial charge in [0, 0.05) is 24.6 Å². The molecule has 1 aromatic carbocycles. The van der Waals surface area contributed by atoms with E-state index in [2.05, 4.69) is 0 Å². The van der Waals surface area contributed by atoms with Crippen molar-refractivity contribution in [2.24, 2.45) is 0 Å². The second kappa shape index (κ2) is 5.44. The summed E-state index contributed by atoms with van der Waals surface area (Å²) in [5.41, 5.74) is 0.911. The van der Waals surface area contributed by atoms with Crippen LogP contribution in [-0.2, 0) is 14.3 Å². The Bertz CT molecular complexity index is 475. The minimum atomic E-state index is -0.351. The quantitative estimate of drug-likeness (QED) is 0.729. The summed E-state index contributed by atoms with van der Waals surface area (Å²) in [6, 6.07) is 7.74. The fourth-order valence-electron chi connectivity index (χ4n) is 1.87. The van der Waals surface area contributed by atoms with Gasteiger partial charge in [0.25, 0.3) is 0 Å². The molecule has 1 unspecified atom stereocenters. The summed E-state index contributed by atoms with van der Waals surface area (Å²) >= 11 is 1.61. The summed E-state index contributed by atoms with van der Waals surface area (Å²) < 4.78 is 5.15. The van der Waals surface area contributed by atoms with Crippen LogP contribution in [0.3, 0.4) is 0 Å². The Morgan fingerprint density at radius 2 is 2.17 bits per heavy atom. The second-order valence-corrected chi connectivity index (χ2v) is 5.23. The maximum Gasteiger partial charge on any atom is 0.302 e. The van der Waals surface area contributed by atoms with E-state index in [0.29, 0.717) is 5.75 Å². The third-order valence-electron chi connectivity index (χ3n) is 2.76. The van der Waals surface area contributed by atoms with Crippen molar-refractivity contribution in [1.29, 1.82) is 0 Å². The van der Waals surface area contributed by atoms with E-state index in [1.165, 1.54) is 6.92 Å². The number of esters is 1. The molecule has 0 aliphatic carbocycles. The Kier molecular flexibility index (Phi) is 3.91. The standard InChI is InChI=1S/C13H15NO3S/c1-9(15)17-10-7-13(16)14(2)11-5-3-4-6-12(11)18-8-10/h3-6,10H,7-8H2,1-2H3. The first-order chi connectivity index (χ1) is 8.58. The van der Waals surface area contributed by atoms with Crippen molar-refractivity contribution in [3.05, 3.63) is 24.3 Å². The van der Waals surface area contributed by atoms with Gasteiger partial charge >= 0.3 is 5.97 Å². The van der Waals surface area contributed by atoms with Crippen LogP contribution in [0, 0.1) is 0 Å². The number of thioether (sulfide) groups is 1. The molecule has 1 aromatic rings. The third-order valence-corrected chi connectivity index (χ3v) is 3.96. The molecule has 0 fully saturated rings. The van der Waals surface area contributed by atoms with E-state index in [1.807, 2.05) is 24.3 Å². The van der Waals surface area contributed by atoms with Gasteiger partial charge in [0.05, 0.1) is 12.1 Å². The van der Waals surface area contributed by atoms with E-state index in [4.69, 9.17) is 4.74 Å². The molecule has 5 heteroatoms. The van der Waals surface area contributed by atoms with E-state index in [0.717, 1.165) is 10.6 Å². The number of rotatable bonds is 1. The lowest BCUT2D eigenvalue weighted by Crippen LogP contribution is -2.34. The number of ether oxygens (including phenoxy) is 1. The number of nitrogens with zero attached hydrogens (tertiary/aromatic N) is 1. The van der Waals surface area contributed by atoms with E-state index >= 15 is 0 Å². The topological polar surface area (TPSA) is 46.6 Å². The van der Waals surface area contributed by atoms with Crippen molar-refractivity contribution in [3.8, 4) is 0 Å². The molecule has 18 heavy (non-hydrogen) atoms. The minimum absolute atomic E-state index is 0.0333. The molecule has 0 bridgehead atoms. The first-order valence-electron chi connectivity index (χ1n) is 5.73. The molecular formula is C13H15NO3S. The Morgan fingerprint density at radius 1 is 1.44 bits per heavy atom. The van der Waals surface area contributed by atoms with Crippen LogP contribution < -0.4 is 4.90 Å². The van der Waals surface area contributed by atoms with Gasteiger partial charge in [-0.15, -0.1) is 11.8 Å². The molecule has 0 radical (unpaired) electrons. The normalized spacial score (nSPS) is 19.8. The van der Waals surface area contributed by atoms with Gasteiger partial charge in [-0.2, -0.15) is 0 Å². The van der Waals surface area contributed by atoms with Crippen LogP contribution in [0.4, 0.5) is 5.69 Å². The first-order valence-corrected chi connectivity index (χ1v) is 6.72. The number of para-hydroxylation sites is 1. The van der Waals surface area contributed by atoms with Crippen LogP contribution in [0.25, 0.3) is 0 Å². The van der Waals surface area contributed by atoms with Gasteiger partial charge in [-0.05, 0) is 12.1 Å². The molecule has 0 saturated heterocycles. The van der Waals surface area contributed by atoms with Gasteiger partial charge in [-0.25, -0.2) is 0 Å². The highest BCUT2D eigenvalue weighted by molar-refractivity contribution is 7.99. The molecule has 2 rings (SSSR count). The maximum atomic E-state index is 12.0. The molecule has 1 atom stereocenters.